The lowest BCUT2D eigenvalue weighted by atomic mass is 10.0. The van der Waals surface area contributed by atoms with Gasteiger partial charge in [0.1, 0.15) is 17.9 Å². The Morgan fingerprint density at radius 2 is 1.89 bits per heavy atom. The lowest BCUT2D eigenvalue weighted by molar-refractivity contribution is -0.163. The summed E-state index contributed by atoms with van der Waals surface area (Å²) in [7, 11) is 0. The second-order valence-electron chi connectivity index (χ2n) is 7.75. The Hall–Kier alpha value is -2.74. The Morgan fingerprint density at radius 3 is 2.75 bits per heavy atom. The highest BCUT2D eigenvalue weighted by molar-refractivity contribution is 5.97. The largest absolute Gasteiger partial charge is 0.329 e. The van der Waals surface area contributed by atoms with E-state index in [0.717, 1.165) is 24.9 Å². The average Bonchev–Trinajstić information content (AvgIpc) is 3.36. The van der Waals surface area contributed by atoms with Crippen LogP contribution in [0, 0.1) is 5.82 Å². The molecule has 0 N–H and O–H groups in total. The molecule has 0 radical (unpaired) electrons. The SMILES string of the molecule is O=C1[C@@H]2CCCN2C(=O)[C@H]2CN(Cc3cnn(-c4cccc(F)c4)c3)CCN12. The van der Waals surface area contributed by atoms with E-state index in [1.807, 2.05) is 6.20 Å². The average molecular weight is 383 g/mol. The summed E-state index contributed by atoms with van der Waals surface area (Å²) < 4.78 is 15.1. The number of rotatable bonds is 3. The number of nitrogens with zero attached hydrogens (tertiary/aromatic N) is 5. The van der Waals surface area contributed by atoms with E-state index in [9.17, 15) is 14.0 Å². The van der Waals surface area contributed by atoms with Crippen molar-refractivity contribution in [1.29, 1.82) is 0 Å². The Kier molecular flexibility index (Phi) is 4.16. The third-order valence-electron chi connectivity index (χ3n) is 5.97. The van der Waals surface area contributed by atoms with Crippen LogP contribution in [0.5, 0.6) is 0 Å². The minimum atomic E-state index is -0.381. The summed E-state index contributed by atoms with van der Waals surface area (Å²) in [5, 5.41) is 4.33. The van der Waals surface area contributed by atoms with E-state index < -0.39 is 0 Å². The standard InChI is InChI=1S/C20H22FN5O2/c21-15-3-1-4-16(9-15)26-12-14(10-22-26)11-23-7-8-25-18(13-23)20(28)24-6-2-5-17(24)19(25)27/h1,3-4,9-10,12,17-18H,2,5-8,11,13H2/t17-,18+/m0/s1. The minimum Gasteiger partial charge on any atom is -0.329 e. The van der Waals surface area contributed by atoms with Crippen molar-refractivity contribution in [2.45, 2.75) is 31.5 Å². The number of benzene rings is 1. The highest BCUT2D eigenvalue weighted by Gasteiger charge is 2.49. The minimum absolute atomic E-state index is 0.0854. The van der Waals surface area contributed by atoms with Crippen LogP contribution in [0.1, 0.15) is 18.4 Å². The van der Waals surface area contributed by atoms with Crippen molar-refractivity contribution >= 4 is 11.8 Å². The molecule has 1 aromatic heterocycles. The van der Waals surface area contributed by atoms with Gasteiger partial charge in [-0.25, -0.2) is 9.07 Å². The first-order chi connectivity index (χ1) is 13.6. The van der Waals surface area contributed by atoms with Crippen molar-refractivity contribution in [3.05, 3.63) is 48.0 Å². The second kappa shape index (κ2) is 6.70. The Labute approximate surface area is 162 Å². The van der Waals surface area contributed by atoms with Gasteiger partial charge in [-0.2, -0.15) is 5.10 Å². The summed E-state index contributed by atoms with van der Waals surface area (Å²) >= 11 is 0. The smallest absolute Gasteiger partial charge is 0.247 e. The molecule has 3 fully saturated rings. The van der Waals surface area contributed by atoms with Gasteiger partial charge in [0, 0.05) is 44.5 Å². The maximum Gasteiger partial charge on any atom is 0.247 e. The van der Waals surface area contributed by atoms with E-state index in [1.165, 1.54) is 12.1 Å². The molecule has 0 unspecified atom stereocenters. The highest BCUT2D eigenvalue weighted by atomic mass is 19.1. The number of carbonyl (C=O) groups is 2. The number of carbonyl (C=O) groups excluding carboxylic acids is 2. The van der Waals surface area contributed by atoms with Crippen LogP contribution < -0.4 is 0 Å². The van der Waals surface area contributed by atoms with E-state index in [0.29, 0.717) is 31.9 Å². The first kappa shape index (κ1) is 17.4. The molecule has 146 valence electrons. The molecule has 0 aliphatic carbocycles. The van der Waals surface area contributed by atoms with Crippen molar-refractivity contribution < 1.29 is 14.0 Å². The number of fused-ring (bicyclic) bond motifs is 2. The molecule has 1 aromatic carbocycles. The van der Waals surface area contributed by atoms with Gasteiger partial charge in [-0.3, -0.25) is 14.5 Å². The van der Waals surface area contributed by atoms with Gasteiger partial charge in [0.25, 0.3) is 0 Å². The maximum atomic E-state index is 13.4. The van der Waals surface area contributed by atoms with Crippen molar-refractivity contribution in [2.75, 3.05) is 26.2 Å². The van der Waals surface area contributed by atoms with Crippen LogP contribution in [0.3, 0.4) is 0 Å². The molecular formula is C20H22FN5O2. The topological polar surface area (TPSA) is 61.7 Å². The maximum absolute atomic E-state index is 13.4. The summed E-state index contributed by atoms with van der Waals surface area (Å²) in [5.74, 6) is -0.103. The molecule has 5 rings (SSSR count). The zero-order valence-electron chi connectivity index (χ0n) is 15.5. The molecule has 0 saturated carbocycles. The molecule has 2 atom stereocenters. The summed E-state index contributed by atoms with van der Waals surface area (Å²) in [5.41, 5.74) is 1.66. The molecule has 2 amide bonds. The van der Waals surface area contributed by atoms with Crippen molar-refractivity contribution in [2.24, 2.45) is 0 Å². The summed E-state index contributed by atoms with van der Waals surface area (Å²) in [6.45, 7) is 3.19. The molecule has 7 nitrogen and oxygen atoms in total. The number of hydrogen-bond acceptors (Lipinski definition) is 4. The molecule has 0 bridgehead atoms. The summed E-state index contributed by atoms with van der Waals surface area (Å²) in [6.07, 6.45) is 5.34. The van der Waals surface area contributed by atoms with Crippen LogP contribution in [0.15, 0.2) is 36.7 Å². The first-order valence-corrected chi connectivity index (χ1v) is 9.73. The predicted octanol–water partition coefficient (Wildman–Crippen LogP) is 1.03. The third-order valence-corrected chi connectivity index (χ3v) is 5.97. The summed E-state index contributed by atoms with van der Waals surface area (Å²) in [6, 6.07) is 5.68. The molecule has 3 aliphatic rings. The molecular weight excluding hydrogens is 361 g/mol. The van der Waals surface area contributed by atoms with E-state index in [1.54, 1.807) is 32.8 Å². The molecule has 3 aliphatic heterocycles. The quantitative estimate of drug-likeness (QED) is 0.794. The van der Waals surface area contributed by atoms with Gasteiger partial charge in [0.05, 0.1) is 11.9 Å². The lowest BCUT2D eigenvalue weighted by Crippen LogP contribution is -2.68. The van der Waals surface area contributed by atoms with E-state index in [2.05, 4.69) is 10.00 Å². The van der Waals surface area contributed by atoms with Crippen LogP contribution in [0.2, 0.25) is 0 Å². The molecule has 8 heteroatoms. The zero-order chi connectivity index (χ0) is 19.3. The van der Waals surface area contributed by atoms with Crippen LogP contribution in [-0.2, 0) is 16.1 Å². The Bertz CT molecular complexity index is 929. The molecule has 0 spiro atoms. The highest BCUT2D eigenvalue weighted by Crippen LogP contribution is 2.29. The monoisotopic (exact) mass is 383 g/mol. The molecule has 2 aromatic rings. The van der Waals surface area contributed by atoms with Gasteiger partial charge in [-0.05, 0) is 31.0 Å². The molecule has 3 saturated heterocycles. The van der Waals surface area contributed by atoms with Crippen LogP contribution >= 0.6 is 0 Å². The fraction of sp³-hybridized carbons (Fsp3) is 0.450. The van der Waals surface area contributed by atoms with Gasteiger partial charge in [-0.15, -0.1) is 0 Å². The fourth-order valence-corrected chi connectivity index (χ4v) is 4.59. The Balaban J connectivity index is 1.29. The predicted molar refractivity (Wildman–Crippen MR) is 99.0 cm³/mol. The van der Waals surface area contributed by atoms with Crippen molar-refractivity contribution in [3.63, 3.8) is 0 Å². The number of halogens is 1. The van der Waals surface area contributed by atoms with E-state index in [-0.39, 0.29) is 29.7 Å². The number of piperazine rings is 2. The number of hydrogen-bond donors (Lipinski definition) is 0. The van der Waals surface area contributed by atoms with Gasteiger partial charge in [0.15, 0.2) is 0 Å². The molecule has 4 heterocycles. The first-order valence-electron chi connectivity index (χ1n) is 9.73. The van der Waals surface area contributed by atoms with Crippen molar-refractivity contribution in [1.82, 2.24) is 24.5 Å². The van der Waals surface area contributed by atoms with E-state index in [4.69, 9.17) is 0 Å². The van der Waals surface area contributed by atoms with Gasteiger partial charge in [-0.1, -0.05) is 6.07 Å². The van der Waals surface area contributed by atoms with Crippen LogP contribution in [-0.4, -0.2) is 74.6 Å². The van der Waals surface area contributed by atoms with Crippen molar-refractivity contribution in [3.8, 4) is 5.69 Å². The van der Waals surface area contributed by atoms with E-state index >= 15 is 0 Å². The fourth-order valence-electron chi connectivity index (χ4n) is 4.59. The van der Waals surface area contributed by atoms with Crippen LogP contribution in [0.4, 0.5) is 4.39 Å². The van der Waals surface area contributed by atoms with Gasteiger partial charge in [0.2, 0.25) is 11.8 Å². The van der Waals surface area contributed by atoms with Gasteiger partial charge >= 0.3 is 0 Å². The lowest BCUT2D eigenvalue weighted by Gasteiger charge is -2.47. The van der Waals surface area contributed by atoms with Crippen LogP contribution in [0.25, 0.3) is 5.69 Å². The van der Waals surface area contributed by atoms with Gasteiger partial charge < -0.3 is 9.80 Å². The second-order valence-corrected chi connectivity index (χ2v) is 7.75. The molecule has 28 heavy (non-hydrogen) atoms. The number of aromatic nitrogens is 2. The third kappa shape index (κ3) is 2.88. The Morgan fingerprint density at radius 1 is 1.07 bits per heavy atom. The summed E-state index contributed by atoms with van der Waals surface area (Å²) in [4.78, 5) is 31.3. The normalized spacial score (nSPS) is 25.2. The number of amides is 2. The zero-order valence-corrected chi connectivity index (χ0v) is 15.5.